The molecule has 1 N–H and O–H groups in total. The summed E-state index contributed by atoms with van der Waals surface area (Å²) in [5.41, 5.74) is 0.108. The fourth-order valence-electron chi connectivity index (χ4n) is 8.02. The summed E-state index contributed by atoms with van der Waals surface area (Å²) in [6.07, 6.45) is 27.9. The monoisotopic (exact) mass is 432 g/mol. The van der Waals surface area contributed by atoms with Crippen LogP contribution in [-0.4, -0.2) is 11.1 Å². The summed E-state index contributed by atoms with van der Waals surface area (Å²) in [7, 11) is 0. The first-order valence-corrected chi connectivity index (χ1v) is 14.2. The van der Waals surface area contributed by atoms with Gasteiger partial charge < -0.3 is 5.11 Å². The minimum absolute atomic E-state index is 0.0663. The van der Waals surface area contributed by atoms with Gasteiger partial charge in [0.2, 0.25) is 0 Å². The Morgan fingerprint density at radius 1 is 0.742 bits per heavy atom. The van der Waals surface area contributed by atoms with E-state index in [9.17, 15) is 9.90 Å². The Morgan fingerprint density at radius 3 is 1.87 bits per heavy atom. The highest BCUT2D eigenvalue weighted by molar-refractivity contribution is 5.76. The van der Waals surface area contributed by atoms with E-state index in [-0.39, 0.29) is 5.41 Å². The van der Waals surface area contributed by atoms with E-state index in [0.29, 0.717) is 5.41 Å². The van der Waals surface area contributed by atoms with Gasteiger partial charge in [0.1, 0.15) is 0 Å². The van der Waals surface area contributed by atoms with Crippen LogP contribution in [0.15, 0.2) is 0 Å². The van der Waals surface area contributed by atoms with Crippen molar-refractivity contribution in [1.82, 2.24) is 0 Å². The van der Waals surface area contributed by atoms with Crippen LogP contribution >= 0.6 is 0 Å². The number of hydrogen-bond donors (Lipinski definition) is 1. The summed E-state index contributed by atoms with van der Waals surface area (Å²) in [5, 5.41) is 10.6. The Balaban J connectivity index is 1.69. The van der Waals surface area contributed by atoms with Gasteiger partial charge in [-0.15, -0.1) is 0 Å². The van der Waals surface area contributed by atoms with E-state index in [0.717, 1.165) is 31.6 Å². The molecule has 3 saturated carbocycles. The van der Waals surface area contributed by atoms with Crippen molar-refractivity contribution < 1.29 is 9.90 Å². The standard InChI is InChI=1S/C29H52O2/c1-3-4-5-6-7-8-13-18-28(29(26(30)31)19-14-10-15-20-29)23-21-27(2,22-24-28)25-16-11-9-12-17-25/h25H,3-24H2,1-2H3,(H,30,31). The lowest BCUT2D eigenvalue weighted by molar-refractivity contribution is -0.170. The predicted octanol–water partition coefficient (Wildman–Crippen LogP) is 9.31. The molecule has 0 heterocycles. The lowest BCUT2D eigenvalue weighted by atomic mass is 9.47. The second-order valence-electron chi connectivity index (χ2n) is 12.1. The highest BCUT2D eigenvalue weighted by Crippen LogP contribution is 2.63. The molecule has 3 fully saturated rings. The van der Waals surface area contributed by atoms with Crippen LogP contribution in [0.5, 0.6) is 0 Å². The summed E-state index contributed by atoms with van der Waals surface area (Å²) in [5.74, 6) is 0.446. The molecule has 0 aromatic rings. The lowest BCUT2D eigenvalue weighted by Gasteiger charge is -2.57. The molecule has 0 radical (unpaired) electrons. The second kappa shape index (κ2) is 11.6. The van der Waals surface area contributed by atoms with E-state index >= 15 is 0 Å². The number of hydrogen-bond acceptors (Lipinski definition) is 1. The lowest BCUT2D eigenvalue weighted by Crippen LogP contribution is -2.52. The first-order chi connectivity index (χ1) is 15.0. The van der Waals surface area contributed by atoms with Crippen molar-refractivity contribution in [1.29, 1.82) is 0 Å². The first kappa shape index (κ1) is 25.1. The van der Waals surface area contributed by atoms with Crippen LogP contribution in [0.1, 0.15) is 155 Å². The van der Waals surface area contributed by atoms with Gasteiger partial charge >= 0.3 is 5.97 Å². The van der Waals surface area contributed by atoms with Crippen LogP contribution < -0.4 is 0 Å². The van der Waals surface area contributed by atoms with Crippen molar-refractivity contribution in [3.05, 3.63) is 0 Å². The number of unbranched alkanes of at least 4 members (excludes halogenated alkanes) is 6. The van der Waals surface area contributed by atoms with Crippen LogP contribution in [0.2, 0.25) is 0 Å². The van der Waals surface area contributed by atoms with Crippen molar-refractivity contribution in [2.45, 2.75) is 155 Å². The Hall–Kier alpha value is -0.530. The van der Waals surface area contributed by atoms with Gasteiger partial charge in [0.15, 0.2) is 0 Å². The van der Waals surface area contributed by atoms with Gasteiger partial charge in [0, 0.05) is 0 Å². The molecule has 0 aromatic heterocycles. The van der Waals surface area contributed by atoms with E-state index in [1.807, 2.05) is 0 Å². The van der Waals surface area contributed by atoms with E-state index in [4.69, 9.17) is 0 Å². The summed E-state index contributed by atoms with van der Waals surface area (Å²) < 4.78 is 0. The predicted molar refractivity (Wildman–Crippen MR) is 131 cm³/mol. The van der Waals surface area contributed by atoms with Crippen molar-refractivity contribution in [3.8, 4) is 0 Å². The topological polar surface area (TPSA) is 37.3 Å². The molecule has 0 unspecified atom stereocenters. The van der Waals surface area contributed by atoms with Crippen molar-refractivity contribution in [2.75, 3.05) is 0 Å². The molecule has 3 rings (SSSR count). The maximum Gasteiger partial charge on any atom is 0.310 e. The molecule has 2 heteroatoms. The van der Waals surface area contributed by atoms with Gasteiger partial charge in [-0.05, 0) is 74.5 Å². The molecular weight excluding hydrogens is 380 g/mol. The fraction of sp³-hybridized carbons (Fsp3) is 0.966. The average Bonchev–Trinajstić information content (AvgIpc) is 2.81. The minimum atomic E-state index is -0.448. The van der Waals surface area contributed by atoms with Crippen LogP contribution in [0.25, 0.3) is 0 Å². The van der Waals surface area contributed by atoms with E-state index in [1.165, 1.54) is 116 Å². The summed E-state index contributed by atoms with van der Waals surface area (Å²) in [4.78, 5) is 12.9. The van der Waals surface area contributed by atoms with Gasteiger partial charge in [0.25, 0.3) is 0 Å². The summed E-state index contributed by atoms with van der Waals surface area (Å²) in [6.45, 7) is 4.85. The quantitative estimate of drug-likeness (QED) is 0.330. The average molecular weight is 433 g/mol. The zero-order chi connectivity index (χ0) is 22.2. The molecule has 0 saturated heterocycles. The number of aliphatic carboxylic acids is 1. The number of rotatable bonds is 11. The van der Waals surface area contributed by atoms with Crippen LogP contribution in [0.4, 0.5) is 0 Å². The highest BCUT2D eigenvalue weighted by Gasteiger charge is 2.58. The van der Waals surface area contributed by atoms with Crippen LogP contribution in [-0.2, 0) is 4.79 Å². The molecule has 0 amide bonds. The third-order valence-corrected chi connectivity index (χ3v) is 10.3. The van der Waals surface area contributed by atoms with Gasteiger partial charge in [-0.3, -0.25) is 4.79 Å². The number of carbonyl (C=O) groups is 1. The maximum absolute atomic E-state index is 12.9. The Labute approximate surface area is 193 Å². The normalized spacial score (nSPS) is 32.1. The largest absolute Gasteiger partial charge is 0.481 e. The van der Waals surface area contributed by atoms with Crippen LogP contribution in [0.3, 0.4) is 0 Å². The smallest absolute Gasteiger partial charge is 0.310 e. The SMILES string of the molecule is CCCCCCCCCC1(C2(C(=O)O)CCCCC2)CCC(C)(C2CCCCC2)CC1. The molecule has 180 valence electrons. The maximum atomic E-state index is 12.9. The van der Waals surface area contributed by atoms with Crippen LogP contribution in [0, 0.1) is 22.2 Å². The molecule has 31 heavy (non-hydrogen) atoms. The molecular formula is C29H52O2. The highest BCUT2D eigenvalue weighted by atomic mass is 16.4. The number of carboxylic acids is 1. The zero-order valence-corrected chi connectivity index (χ0v) is 21.0. The van der Waals surface area contributed by atoms with E-state index in [2.05, 4.69) is 13.8 Å². The van der Waals surface area contributed by atoms with E-state index in [1.54, 1.807) is 0 Å². The Morgan fingerprint density at radius 2 is 1.29 bits per heavy atom. The third kappa shape index (κ3) is 5.70. The summed E-state index contributed by atoms with van der Waals surface area (Å²) in [6, 6.07) is 0. The molecule has 0 bridgehead atoms. The molecule has 0 aliphatic heterocycles. The molecule has 0 spiro atoms. The zero-order valence-electron chi connectivity index (χ0n) is 21.0. The molecule has 0 aromatic carbocycles. The van der Waals surface area contributed by atoms with Gasteiger partial charge in [0.05, 0.1) is 5.41 Å². The fourth-order valence-corrected chi connectivity index (χ4v) is 8.02. The van der Waals surface area contributed by atoms with Gasteiger partial charge in [-0.2, -0.15) is 0 Å². The minimum Gasteiger partial charge on any atom is -0.481 e. The molecule has 2 nitrogen and oxygen atoms in total. The molecule has 0 atom stereocenters. The van der Waals surface area contributed by atoms with Crippen molar-refractivity contribution >= 4 is 5.97 Å². The first-order valence-electron chi connectivity index (χ1n) is 14.2. The van der Waals surface area contributed by atoms with Gasteiger partial charge in [-0.1, -0.05) is 97.3 Å². The Kier molecular flexibility index (Phi) is 9.35. The summed E-state index contributed by atoms with van der Waals surface area (Å²) >= 11 is 0. The van der Waals surface area contributed by atoms with Crippen molar-refractivity contribution in [2.24, 2.45) is 22.2 Å². The van der Waals surface area contributed by atoms with E-state index < -0.39 is 11.4 Å². The Bertz CT molecular complexity index is 531. The third-order valence-electron chi connectivity index (χ3n) is 10.3. The van der Waals surface area contributed by atoms with Crippen molar-refractivity contribution in [3.63, 3.8) is 0 Å². The van der Waals surface area contributed by atoms with Gasteiger partial charge in [-0.25, -0.2) is 0 Å². The molecule has 3 aliphatic rings. The second-order valence-corrected chi connectivity index (χ2v) is 12.1. The number of carboxylic acid groups (broad SMARTS) is 1. The molecule has 3 aliphatic carbocycles.